The zero-order valence-electron chi connectivity index (χ0n) is 13.4. The van der Waals surface area contributed by atoms with Crippen molar-refractivity contribution in [3.05, 3.63) is 53.1 Å². The number of benzene rings is 1. The molecule has 1 aromatic carbocycles. The lowest BCUT2D eigenvalue weighted by Crippen LogP contribution is -2.32. The van der Waals surface area contributed by atoms with E-state index in [0.29, 0.717) is 12.2 Å². The fourth-order valence-corrected chi connectivity index (χ4v) is 4.30. The highest BCUT2D eigenvalue weighted by atomic mass is 16.6. The second-order valence-corrected chi connectivity index (χ2v) is 6.64. The van der Waals surface area contributed by atoms with Crippen LogP contribution in [-0.2, 0) is 9.59 Å². The minimum absolute atomic E-state index is 0.111. The number of nitrogens with zero attached hydrogens (tertiary/aromatic N) is 2. The van der Waals surface area contributed by atoms with Gasteiger partial charge in [-0.3, -0.25) is 19.7 Å². The van der Waals surface area contributed by atoms with Gasteiger partial charge in [-0.05, 0) is 30.4 Å². The summed E-state index contributed by atoms with van der Waals surface area (Å²) in [7, 11) is 0. The molecule has 2 fully saturated rings. The van der Waals surface area contributed by atoms with Crippen LogP contribution in [0.25, 0.3) is 0 Å². The van der Waals surface area contributed by atoms with Crippen molar-refractivity contribution in [3.8, 4) is 0 Å². The number of nitro benzene ring substituents is 1. The predicted molar refractivity (Wildman–Crippen MR) is 92.0 cm³/mol. The number of anilines is 2. The Morgan fingerprint density at radius 3 is 2.44 bits per heavy atom. The summed E-state index contributed by atoms with van der Waals surface area (Å²) < 4.78 is 0. The highest BCUT2D eigenvalue weighted by molar-refractivity contribution is 6.23. The molecule has 1 saturated carbocycles. The van der Waals surface area contributed by atoms with Crippen molar-refractivity contribution in [2.45, 2.75) is 6.42 Å². The Labute approximate surface area is 144 Å². The Kier molecular flexibility index (Phi) is 3.45. The highest BCUT2D eigenvalue weighted by Gasteiger charge is 2.59. The highest BCUT2D eigenvalue weighted by Crippen LogP contribution is 2.53. The summed E-state index contributed by atoms with van der Waals surface area (Å²) >= 11 is 0. The Balaban J connectivity index is 1.69. The molecule has 2 aliphatic carbocycles. The first-order chi connectivity index (χ1) is 12.0. The number of hydrogen-bond donors (Lipinski definition) is 1. The second kappa shape index (κ2) is 5.54. The SMILES string of the molecule is C=CCNc1ccc(N2C(=O)C3C4C=CC(C4)C3C2=O)cc1[N+](=O)[O-]. The van der Waals surface area contributed by atoms with Crippen LogP contribution < -0.4 is 10.2 Å². The van der Waals surface area contributed by atoms with E-state index in [9.17, 15) is 19.7 Å². The minimum Gasteiger partial charge on any atom is -0.376 e. The van der Waals surface area contributed by atoms with E-state index in [-0.39, 0.29) is 46.9 Å². The van der Waals surface area contributed by atoms with Crippen molar-refractivity contribution >= 4 is 28.9 Å². The van der Waals surface area contributed by atoms with Gasteiger partial charge in [-0.15, -0.1) is 6.58 Å². The van der Waals surface area contributed by atoms with E-state index >= 15 is 0 Å². The van der Waals surface area contributed by atoms with Crippen LogP contribution in [0.3, 0.4) is 0 Å². The Morgan fingerprint density at radius 2 is 1.88 bits per heavy atom. The van der Waals surface area contributed by atoms with Gasteiger partial charge in [0.05, 0.1) is 22.4 Å². The lowest BCUT2D eigenvalue weighted by Gasteiger charge is -2.18. The summed E-state index contributed by atoms with van der Waals surface area (Å²) in [6, 6.07) is 4.39. The number of fused-ring (bicyclic) bond motifs is 5. The summed E-state index contributed by atoms with van der Waals surface area (Å²) in [5.41, 5.74) is 0.424. The molecule has 128 valence electrons. The molecule has 1 aliphatic heterocycles. The number of amides is 2. The van der Waals surface area contributed by atoms with E-state index in [0.717, 1.165) is 11.3 Å². The number of rotatable bonds is 5. The normalized spacial score (nSPS) is 29.2. The first kappa shape index (κ1) is 15.6. The van der Waals surface area contributed by atoms with E-state index in [1.165, 1.54) is 12.1 Å². The first-order valence-corrected chi connectivity index (χ1v) is 8.22. The Bertz CT molecular complexity index is 802. The lowest BCUT2D eigenvalue weighted by molar-refractivity contribution is -0.383. The molecule has 25 heavy (non-hydrogen) atoms. The average molecular weight is 339 g/mol. The summed E-state index contributed by atoms with van der Waals surface area (Å²) in [4.78, 5) is 37.6. The maximum atomic E-state index is 12.8. The first-order valence-electron chi connectivity index (χ1n) is 8.22. The smallest absolute Gasteiger partial charge is 0.294 e. The third-order valence-electron chi connectivity index (χ3n) is 5.34. The molecule has 0 spiro atoms. The van der Waals surface area contributed by atoms with E-state index in [1.54, 1.807) is 12.1 Å². The van der Waals surface area contributed by atoms with E-state index in [1.807, 2.05) is 12.2 Å². The molecule has 1 N–H and O–H groups in total. The number of allylic oxidation sites excluding steroid dienone is 2. The van der Waals surface area contributed by atoms with Gasteiger partial charge in [0.2, 0.25) is 11.8 Å². The molecular formula is C18H17N3O4. The number of carbonyl (C=O) groups is 2. The number of carbonyl (C=O) groups excluding carboxylic acids is 2. The summed E-state index contributed by atoms with van der Waals surface area (Å²) in [5, 5.41) is 14.3. The van der Waals surface area contributed by atoms with E-state index in [4.69, 9.17) is 0 Å². The number of hydrogen-bond acceptors (Lipinski definition) is 5. The van der Waals surface area contributed by atoms with Crippen LogP contribution in [0.5, 0.6) is 0 Å². The second-order valence-electron chi connectivity index (χ2n) is 6.64. The van der Waals surface area contributed by atoms with Crippen molar-refractivity contribution in [2.24, 2.45) is 23.7 Å². The van der Waals surface area contributed by atoms with Crippen LogP contribution in [0.2, 0.25) is 0 Å². The summed E-state index contributed by atoms with van der Waals surface area (Å²) in [6.45, 7) is 3.94. The van der Waals surface area contributed by atoms with E-state index in [2.05, 4.69) is 11.9 Å². The zero-order chi connectivity index (χ0) is 17.7. The van der Waals surface area contributed by atoms with Crippen molar-refractivity contribution in [1.82, 2.24) is 0 Å². The molecule has 7 nitrogen and oxygen atoms in total. The lowest BCUT2D eigenvalue weighted by atomic mass is 9.85. The fourth-order valence-electron chi connectivity index (χ4n) is 4.30. The predicted octanol–water partition coefficient (Wildman–Crippen LogP) is 2.50. The van der Waals surface area contributed by atoms with Crippen LogP contribution >= 0.6 is 0 Å². The minimum atomic E-state index is -0.522. The molecule has 3 aliphatic rings. The fraction of sp³-hybridized carbons (Fsp3) is 0.333. The molecule has 4 unspecified atom stereocenters. The maximum absolute atomic E-state index is 12.8. The van der Waals surface area contributed by atoms with Crippen LogP contribution in [0.15, 0.2) is 43.0 Å². The standard InChI is InChI=1S/C18H17N3O4/c1-2-7-19-13-6-5-12(9-14(13)21(24)25)20-17(22)15-10-3-4-11(8-10)16(15)18(20)23/h2-6,9-11,15-16,19H,1,7-8H2. The van der Waals surface area contributed by atoms with Crippen LogP contribution in [0.1, 0.15) is 6.42 Å². The number of imide groups is 1. The van der Waals surface area contributed by atoms with Gasteiger partial charge in [0, 0.05) is 12.6 Å². The molecule has 1 aromatic rings. The number of nitro groups is 1. The largest absolute Gasteiger partial charge is 0.376 e. The van der Waals surface area contributed by atoms with Gasteiger partial charge in [0.1, 0.15) is 5.69 Å². The number of nitrogens with one attached hydrogen (secondary N) is 1. The van der Waals surface area contributed by atoms with E-state index < -0.39 is 4.92 Å². The van der Waals surface area contributed by atoms with Crippen molar-refractivity contribution in [3.63, 3.8) is 0 Å². The van der Waals surface area contributed by atoms with Crippen molar-refractivity contribution in [2.75, 3.05) is 16.8 Å². The van der Waals surface area contributed by atoms with Gasteiger partial charge in [0.25, 0.3) is 5.69 Å². The zero-order valence-corrected chi connectivity index (χ0v) is 13.4. The molecule has 4 atom stereocenters. The topological polar surface area (TPSA) is 92.6 Å². The van der Waals surface area contributed by atoms with Crippen molar-refractivity contribution < 1.29 is 14.5 Å². The maximum Gasteiger partial charge on any atom is 0.294 e. The Morgan fingerprint density at radius 1 is 1.24 bits per heavy atom. The molecule has 0 radical (unpaired) electrons. The Hall–Kier alpha value is -2.96. The quantitative estimate of drug-likeness (QED) is 0.385. The molecule has 2 bridgehead atoms. The third-order valence-corrected chi connectivity index (χ3v) is 5.34. The molecular weight excluding hydrogens is 322 g/mol. The van der Waals surface area contributed by atoms with Gasteiger partial charge < -0.3 is 5.32 Å². The van der Waals surface area contributed by atoms with Gasteiger partial charge in [0.15, 0.2) is 0 Å². The third kappa shape index (κ3) is 2.19. The molecule has 0 aromatic heterocycles. The van der Waals surface area contributed by atoms with Crippen LogP contribution in [0, 0.1) is 33.8 Å². The summed E-state index contributed by atoms with van der Waals surface area (Å²) in [6.07, 6.45) is 6.48. The molecule has 1 heterocycles. The van der Waals surface area contributed by atoms with Gasteiger partial charge >= 0.3 is 0 Å². The van der Waals surface area contributed by atoms with Gasteiger partial charge in [-0.1, -0.05) is 18.2 Å². The molecule has 2 amide bonds. The van der Waals surface area contributed by atoms with Crippen LogP contribution in [0.4, 0.5) is 17.1 Å². The van der Waals surface area contributed by atoms with Crippen molar-refractivity contribution in [1.29, 1.82) is 0 Å². The monoisotopic (exact) mass is 339 g/mol. The summed E-state index contributed by atoms with van der Waals surface area (Å²) in [5.74, 6) is -0.902. The van der Waals surface area contributed by atoms with Gasteiger partial charge in [-0.2, -0.15) is 0 Å². The van der Waals surface area contributed by atoms with Gasteiger partial charge in [-0.25, -0.2) is 4.90 Å². The molecule has 4 rings (SSSR count). The molecule has 1 saturated heterocycles. The van der Waals surface area contributed by atoms with Crippen LogP contribution in [-0.4, -0.2) is 23.3 Å². The average Bonchev–Trinajstić information content (AvgIpc) is 3.27. The molecule has 7 heteroatoms.